The molecular formula is C18H14N3O5-. The number of nitrogens with zero attached hydrogens (tertiary/aromatic N) is 2. The molecule has 2 rings (SSSR count). The fourth-order valence-corrected chi connectivity index (χ4v) is 2.10. The van der Waals surface area contributed by atoms with E-state index in [1.165, 1.54) is 12.1 Å². The third-order valence-corrected chi connectivity index (χ3v) is 3.47. The Kier molecular flexibility index (Phi) is 5.90. The second-order valence-corrected chi connectivity index (χ2v) is 5.18. The number of nitrogens with one attached hydrogen (secondary N) is 1. The minimum atomic E-state index is -0.810. The fourth-order valence-electron chi connectivity index (χ4n) is 2.10. The molecule has 0 aromatic heterocycles. The maximum atomic E-state index is 12.1. The number of nitriles is 1. The van der Waals surface area contributed by atoms with Crippen LogP contribution in [-0.2, 0) is 11.3 Å². The van der Waals surface area contributed by atoms with E-state index in [-0.39, 0.29) is 17.7 Å². The molecule has 2 aromatic rings. The van der Waals surface area contributed by atoms with E-state index < -0.39 is 22.3 Å². The lowest BCUT2D eigenvalue weighted by Crippen LogP contribution is -2.23. The Bertz CT molecular complexity index is 898. The van der Waals surface area contributed by atoms with Gasteiger partial charge in [0.05, 0.1) is 12.0 Å². The maximum Gasteiger partial charge on any atom is 0.262 e. The molecule has 8 heteroatoms. The standard InChI is InChI=1S/C18H15N3O5/c1-26-15-5-2-12(3-6-15)11-20-18(23)14(10-19)8-13-4-7-17(22)16(9-13)21(24)25/h2-9,22H,11H2,1H3,(H,20,23)/p-1/b14-8+. The van der Waals surface area contributed by atoms with Gasteiger partial charge in [-0.1, -0.05) is 24.3 Å². The van der Waals surface area contributed by atoms with Crippen molar-refractivity contribution in [1.29, 1.82) is 5.26 Å². The third kappa shape index (κ3) is 4.58. The van der Waals surface area contributed by atoms with E-state index in [0.717, 1.165) is 17.7 Å². The topological polar surface area (TPSA) is 128 Å². The van der Waals surface area contributed by atoms with Crippen molar-refractivity contribution in [3.05, 3.63) is 69.3 Å². The van der Waals surface area contributed by atoms with Crippen LogP contribution in [0.25, 0.3) is 6.08 Å². The molecule has 0 aliphatic rings. The Balaban J connectivity index is 2.12. The molecule has 0 saturated carbocycles. The minimum absolute atomic E-state index is 0.196. The SMILES string of the molecule is COc1ccc(CNC(=O)/C(C#N)=C/c2ccc([O-])c([N+](=O)[O-])c2)cc1. The van der Waals surface area contributed by atoms with Crippen molar-refractivity contribution < 1.29 is 19.6 Å². The lowest BCUT2D eigenvalue weighted by molar-refractivity contribution is -0.398. The van der Waals surface area contributed by atoms with E-state index in [9.17, 15) is 20.0 Å². The second-order valence-electron chi connectivity index (χ2n) is 5.18. The summed E-state index contributed by atoms with van der Waals surface area (Å²) in [5.74, 6) is -0.687. The number of nitro groups is 1. The number of carbonyl (C=O) groups excluding carboxylic acids is 1. The Hall–Kier alpha value is -3.86. The van der Waals surface area contributed by atoms with Crippen LogP contribution in [0.15, 0.2) is 48.0 Å². The van der Waals surface area contributed by atoms with Crippen molar-refractivity contribution in [1.82, 2.24) is 5.32 Å². The Morgan fingerprint density at radius 3 is 2.58 bits per heavy atom. The number of hydrogen-bond acceptors (Lipinski definition) is 6. The molecule has 0 aliphatic heterocycles. The monoisotopic (exact) mass is 352 g/mol. The second kappa shape index (κ2) is 8.30. The van der Waals surface area contributed by atoms with E-state index >= 15 is 0 Å². The van der Waals surface area contributed by atoms with Gasteiger partial charge in [0.1, 0.15) is 17.4 Å². The number of methoxy groups -OCH3 is 1. The van der Waals surface area contributed by atoms with Crippen LogP contribution in [0.2, 0.25) is 0 Å². The van der Waals surface area contributed by atoms with E-state index in [1.807, 2.05) is 0 Å². The molecule has 0 radical (unpaired) electrons. The van der Waals surface area contributed by atoms with Crippen LogP contribution in [0.4, 0.5) is 5.69 Å². The molecule has 8 nitrogen and oxygen atoms in total. The number of ether oxygens (including phenoxy) is 1. The van der Waals surface area contributed by atoms with Gasteiger partial charge in [0.25, 0.3) is 11.6 Å². The summed E-state index contributed by atoms with van der Waals surface area (Å²) in [6.45, 7) is 0.196. The Morgan fingerprint density at radius 1 is 1.31 bits per heavy atom. The molecule has 0 fully saturated rings. The first-order chi connectivity index (χ1) is 12.4. The summed E-state index contributed by atoms with van der Waals surface area (Å²) in [5, 5.41) is 33.9. The van der Waals surface area contributed by atoms with Crippen LogP contribution in [0.3, 0.4) is 0 Å². The van der Waals surface area contributed by atoms with Crippen LogP contribution < -0.4 is 15.2 Å². The summed E-state index contributed by atoms with van der Waals surface area (Å²) in [4.78, 5) is 22.1. The zero-order valence-corrected chi connectivity index (χ0v) is 13.8. The smallest absolute Gasteiger partial charge is 0.262 e. The molecular weight excluding hydrogens is 338 g/mol. The van der Waals surface area contributed by atoms with Crippen molar-refractivity contribution in [3.63, 3.8) is 0 Å². The van der Waals surface area contributed by atoms with Crippen LogP contribution in [0.5, 0.6) is 11.5 Å². The van der Waals surface area contributed by atoms with Crippen molar-refractivity contribution in [2.24, 2.45) is 0 Å². The summed E-state index contributed by atoms with van der Waals surface area (Å²) >= 11 is 0. The largest absolute Gasteiger partial charge is 0.868 e. The molecule has 0 unspecified atom stereocenters. The maximum absolute atomic E-state index is 12.1. The van der Waals surface area contributed by atoms with Crippen molar-refractivity contribution in [2.45, 2.75) is 6.54 Å². The quantitative estimate of drug-likeness (QED) is 0.366. The third-order valence-electron chi connectivity index (χ3n) is 3.47. The van der Waals surface area contributed by atoms with Gasteiger partial charge in [-0.25, -0.2) is 0 Å². The first-order valence-corrected chi connectivity index (χ1v) is 7.43. The van der Waals surface area contributed by atoms with Gasteiger partial charge < -0.3 is 15.2 Å². The average molecular weight is 352 g/mol. The molecule has 0 bridgehead atoms. The van der Waals surface area contributed by atoms with E-state index in [1.54, 1.807) is 37.4 Å². The molecule has 132 valence electrons. The van der Waals surface area contributed by atoms with Gasteiger partial charge in [-0.2, -0.15) is 5.26 Å². The van der Waals surface area contributed by atoms with Crippen LogP contribution in [-0.4, -0.2) is 17.9 Å². The molecule has 0 aliphatic carbocycles. The molecule has 0 saturated heterocycles. The highest BCUT2D eigenvalue weighted by Gasteiger charge is 2.11. The summed E-state index contributed by atoms with van der Waals surface area (Å²) in [6, 6.07) is 12.1. The van der Waals surface area contributed by atoms with Gasteiger partial charge in [0.15, 0.2) is 0 Å². The van der Waals surface area contributed by atoms with E-state index in [0.29, 0.717) is 5.75 Å². The van der Waals surface area contributed by atoms with Gasteiger partial charge in [0.2, 0.25) is 0 Å². The normalized spacial score (nSPS) is 10.7. The number of amides is 1. The zero-order chi connectivity index (χ0) is 19.1. The zero-order valence-electron chi connectivity index (χ0n) is 13.8. The highest BCUT2D eigenvalue weighted by atomic mass is 16.6. The molecule has 0 spiro atoms. The average Bonchev–Trinajstić information content (AvgIpc) is 2.65. The fraction of sp³-hybridized carbons (Fsp3) is 0.111. The summed E-state index contributed by atoms with van der Waals surface area (Å²) < 4.78 is 5.04. The van der Waals surface area contributed by atoms with E-state index in [4.69, 9.17) is 10.00 Å². The number of benzene rings is 2. The van der Waals surface area contributed by atoms with Crippen LogP contribution in [0, 0.1) is 21.4 Å². The van der Waals surface area contributed by atoms with Crippen molar-refractivity contribution >= 4 is 17.7 Å². The predicted octanol–water partition coefficient (Wildman–Crippen LogP) is 1.90. The first-order valence-electron chi connectivity index (χ1n) is 7.43. The molecule has 0 atom stereocenters. The van der Waals surface area contributed by atoms with E-state index in [2.05, 4.69) is 5.32 Å². The number of nitro benzene ring substituents is 1. The number of carbonyl (C=O) groups is 1. The highest BCUT2D eigenvalue weighted by Crippen LogP contribution is 2.24. The summed E-state index contributed by atoms with van der Waals surface area (Å²) in [5.41, 5.74) is 0.177. The van der Waals surface area contributed by atoms with Gasteiger partial charge in [-0.05, 0) is 35.1 Å². The Labute approximate surface area is 149 Å². The molecule has 2 aromatic carbocycles. The van der Waals surface area contributed by atoms with Gasteiger partial charge in [-0.15, -0.1) is 0 Å². The Morgan fingerprint density at radius 2 is 2.00 bits per heavy atom. The van der Waals surface area contributed by atoms with Crippen LogP contribution in [0.1, 0.15) is 11.1 Å². The molecule has 1 amide bonds. The lowest BCUT2D eigenvalue weighted by atomic mass is 10.1. The highest BCUT2D eigenvalue weighted by molar-refractivity contribution is 6.01. The molecule has 1 N–H and O–H groups in total. The minimum Gasteiger partial charge on any atom is -0.868 e. The van der Waals surface area contributed by atoms with Crippen molar-refractivity contribution in [3.8, 4) is 17.6 Å². The summed E-state index contributed by atoms with van der Waals surface area (Å²) in [6.07, 6.45) is 1.19. The van der Waals surface area contributed by atoms with Gasteiger partial charge in [0, 0.05) is 12.6 Å². The van der Waals surface area contributed by atoms with Crippen molar-refractivity contribution in [2.75, 3.05) is 7.11 Å². The first kappa shape index (κ1) is 18.5. The lowest BCUT2D eigenvalue weighted by Gasteiger charge is -2.07. The molecule has 26 heavy (non-hydrogen) atoms. The predicted molar refractivity (Wildman–Crippen MR) is 91.0 cm³/mol. The van der Waals surface area contributed by atoms with Gasteiger partial charge in [-0.3, -0.25) is 14.9 Å². The van der Waals surface area contributed by atoms with Gasteiger partial charge >= 0.3 is 0 Å². The van der Waals surface area contributed by atoms with Crippen LogP contribution >= 0.6 is 0 Å². The summed E-state index contributed by atoms with van der Waals surface area (Å²) in [7, 11) is 1.55. The number of rotatable bonds is 6. The number of hydrogen-bond donors (Lipinski definition) is 1. The molecule has 0 heterocycles.